The van der Waals surface area contributed by atoms with E-state index in [1.807, 2.05) is 42.5 Å². The first-order valence-electron chi connectivity index (χ1n) is 8.77. The Kier molecular flexibility index (Phi) is 6.08. The van der Waals surface area contributed by atoms with Crippen LogP contribution in [-0.4, -0.2) is 41.5 Å². The number of hydrogen-bond donors (Lipinski definition) is 1. The van der Waals surface area contributed by atoms with E-state index in [1.54, 1.807) is 12.1 Å². The summed E-state index contributed by atoms with van der Waals surface area (Å²) >= 11 is 7.36. The summed E-state index contributed by atoms with van der Waals surface area (Å²) in [5.74, 6) is 0. The Labute approximate surface area is 171 Å². The summed E-state index contributed by atoms with van der Waals surface area (Å²) in [7, 11) is 0. The summed E-state index contributed by atoms with van der Waals surface area (Å²) in [5, 5.41) is 15.2. The van der Waals surface area contributed by atoms with Gasteiger partial charge in [0.05, 0.1) is 12.6 Å². The third-order valence-corrected chi connectivity index (χ3v) is 6.02. The predicted octanol–water partition coefficient (Wildman–Crippen LogP) is 4.31. The van der Waals surface area contributed by atoms with Crippen molar-refractivity contribution in [2.75, 3.05) is 6.61 Å². The Hall–Kier alpha value is -1.77. The number of thioether (sulfide) groups is 1. The summed E-state index contributed by atoms with van der Waals surface area (Å²) < 4.78 is 17.9. The van der Waals surface area contributed by atoms with Gasteiger partial charge >= 0.3 is 0 Å². The normalized spacial score (nSPS) is 32.2. The molecule has 0 aliphatic carbocycles. The lowest BCUT2D eigenvalue weighted by molar-refractivity contribution is -0.297. The van der Waals surface area contributed by atoms with Crippen molar-refractivity contribution >= 4 is 23.4 Å². The summed E-state index contributed by atoms with van der Waals surface area (Å²) in [5.41, 5.74) is 9.23. The molecule has 2 heterocycles. The lowest BCUT2D eigenvalue weighted by Crippen LogP contribution is -2.60. The lowest BCUT2D eigenvalue weighted by Gasteiger charge is -2.46. The van der Waals surface area contributed by atoms with Gasteiger partial charge in [0.2, 0.25) is 0 Å². The molecule has 146 valence electrons. The third-order valence-electron chi connectivity index (χ3n) is 4.64. The van der Waals surface area contributed by atoms with Gasteiger partial charge < -0.3 is 19.3 Å². The molecule has 1 N–H and O–H groups in total. The van der Waals surface area contributed by atoms with E-state index >= 15 is 0 Å². The number of benzene rings is 2. The van der Waals surface area contributed by atoms with E-state index in [-0.39, 0.29) is 6.61 Å². The maximum absolute atomic E-state index is 10.8. The minimum absolute atomic E-state index is 0.265. The number of ether oxygens (including phenoxy) is 3. The molecule has 2 aliphatic rings. The number of halogens is 1. The van der Waals surface area contributed by atoms with Crippen molar-refractivity contribution in [3.8, 4) is 0 Å². The van der Waals surface area contributed by atoms with E-state index in [0.717, 1.165) is 10.5 Å². The predicted molar refractivity (Wildman–Crippen MR) is 105 cm³/mol. The highest BCUT2D eigenvalue weighted by atomic mass is 35.5. The summed E-state index contributed by atoms with van der Waals surface area (Å²) in [6.07, 6.45) is -2.72. The van der Waals surface area contributed by atoms with Crippen LogP contribution in [0.3, 0.4) is 0 Å². The molecule has 0 saturated carbocycles. The fraction of sp³-hybridized carbons (Fsp3) is 0.368. The Morgan fingerprint density at radius 2 is 1.96 bits per heavy atom. The molecule has 3 unspecified atom stereocenters. The van der Waals surface area contributed by atoms with Crippen LogP contribution < -0.4 is 0 Å². The van der Waals surface area contributed by atoms with Crippen molar-refractivity contribution in [2.24, 2.45) is 5.11 Å². The Morgan fingerprint density at radius 1 is 1.14 bits per heavy atom. The molecule has 6 atom stereocenters. The van der Waals surface area contributed by atoms with Crippen LogP contribution in [0, 0.1) is 0 Å². The van der Waals surface area contributed by atoms with Crippen LogP contribution in [0.1, 0.15) is 11.9 Å². The molecular formula is C19H18ClN3O4S. The van der Waals surface area contributed by atoms with Gasteiger partial charge in [0.25, 0.3) is 0 Å². The maximum atomic E-state index is 10.8. The minimum atomic E-state index is -1.05. The summed E-state index contributed by atoms with van der Waals surface area (Å²) in [6, 6.07) is 15.9. The van der Waals surface area contributed by atoms with Gasteiger partial charge in [0.15, 0.2) is 6.29 Å². The summed E-state index contributed by atoms with van der Waals surface area (Å²) in [6.45, 7) is 0.265. The van der Waals surface area contributed by atoms with Crippen molar-refractivity contribution in [3.63, 3.8) is 0 Å². The lowest BCUT2D eigenvalue weighted by atomic mass is 9.97. The van der Waals surface area contributed by atoms with Crippen LogP contribution in [0.25, 0.3) is 10.4 Å². The first-order valence-corrected chi connectivity index (χ1v) is 10.0. The molecule has 0 bridgehead atoms. The van der Waals surface area contributed by atoms with Gasteiger partial charge in [-0.05, 0) is 23.7 Å². The Bertz CT molecular complexity index is 867. The zero-order valence-corrected chi connectivity index (χ0v) is 16.2. The first kappa shape index (κ1) is 19.5. The molecule has 2 aromatic rings. The number of aliphatic hydroxyl groups excluding tert-OH is 1. The van der Waals surface area contributed by atoms with Crippen molar-refractivity contribution in [3.05, 3.63) is 75.6 Å². The molecule has 2 fully saturated rings. The number of hydrogen-bond acceptors (Lipinski definition) is 6. The first-order chi connectivity index (χ1) is 13.7. The highest BCUT2D eigenvalue weighted by Gasteiger charge is 2.49. The maximum Gasteiger partial charge on any atom is 0.184 e. The third kappa shape index (κ3) is 4.14. The highest BCUT2D eigenvalue weighted by Crippen LogP contribution is 2.40. The van der Waals surface area contributed by atoms with Gasteiger partial charge in [-0.2, -0.15) is 0 Å². The second-order valence-electron chi connectivity index (χ2n) is 6.48. The molecule has 0 radical (unpaired) electrons. The van der Waals surface area contributed by atoms with Crippen LogP contribution in [0.4, 0.5) is 0 Å². The SMILES string of the molecule is [N-]=[N+]=NC1[C@H]2OC(c3ccccc3)OCC2O[C@H](Sc2cccc(Cl)c2)[C@H]1O. The smallest absolute Gasteiger partial charge is 0.184 e. The van der Waals surface area contributed by atoms with Crippen molar-refractivity contribution in [1.29, 1.82) is 0 Å². The molecule has 0 spiro atoms. The van der Waals surface area contributed by atoms with E-state index in [4.69, 9.17) is 31.3 Å². The van der Waals surface area contributed by atoms with Crippen LogP contribution in [0.15, 0.2) is 64.6 Å². The van der Waals surface area contributed by atoms with Crippen LogP contribution in [0.2, 0.25) is 5.02 Å². The molecule has 0 amide bonds. The standard InChI is InChI=1S/C19H18ClN3O4S/c20-12-7-4-8-13(9-12)28-19-16(24)15(22-23-21)17-14(26-19)10-25-18(27-17)11-5-2-1-3-6-11/h1-9,14-19,24H,10H2/t14?,15?,16-,17-,18?,19+/m0/s1. The molecule has 2 saturated heterocycles. The molecule has 9 heteroatoms. The molecule has 2 aromatic carbocycles. The molecular weight excluding hydrogens is 402 g/mol. The minimum Gasteiger partial charge on any atom is -0.389 e. The van der Waals surface area contributed by atoms with Crippen LogP contribution in [0.5, 0.6) is 0 Å². The molecule has 7 nitrogen and oxygen atoms in total. The average Bonchev–Trinajstić information content (AvgIpc) is 2.71. The van der Waals surface area contributed by atoms with E-state index in [1.165, 1.54) is 11.8 Å². The van der Waals surface area contributed by atoms with E-state index in [2.05, 4.69) is 10.0 Å². The number of aliphatic hydroxyl groups is 1. The molecule has 4 rings (SSSR count). The zero-order chi connectivity index (χ0) is 19.5. The van der Waals surface area contributed by atoms with Gasteiger partial charge in [-0.3, -0.25) is 0 Å². The Morgan fingerprint density at radius 3 is 2.71 bits per heavy atom. The fourth-order valence-corrected chi connectivity index (χ4v) is 4.70. The van der Waals surface area contributed by atoms with Gasteiger partial charge in [-0.25, -0.2) is 0 Å². The molecule has 0 aromatic heterocycles. The monoisotopic (exact) mass is 419 g/mol. The van der Waals surface area contributed by atoms with Gasteiger partial charge in [-0.15, -0.1) is 0 Å². The van der Waals surface area contributed by atoms with Crippen molar-refractivity contribution in [1.82, 2.24) is 0 Å². The van der Waals surface area contributed by atoms with Gasteiger partial charge in [-0.1, -0.05) is 64.9 Å². The molecule has 28 heavy (non-hydrogen) atoms. The van der Waals surface area contributed by atoms with E-state index in [9.17, 15) is 5.11 Å². The second kappa shape index (κ2) is 8.71. The number of fused-ring (bicyclic) bond motifs is 1. The van der Waals surface area contributed by atoms with E-state index < -0.39 is 36.1 Å². The van der Waals surface area contributed by atoms with Gasteiger partial charge in [0, 0.05) is 20.4 Å². The van der Waals surface area contributed by atoms with Crippen molar-refractivity contribution < 1.29 is 19.3 Å². The van der Waals surface area contributed by atoms with E-state index in [0.29, 0.717) is 5.02 Å². The highest BCUT2D eigenvalue weighted by molar-refractivity contribution is 7.99. The zero-order valence-electron chi connectivity index (χ0n) is 14.7. The van der Waals surface area contributed by atoms with Crippen LogP contribution in [-0.2, 0) is 14.2 Å². The molecule has 2 aliphatic heterocycles. The topological polar surface area (TPSA) is 96.7 Å². The second-order valence-corrected chi connectivity index (χ2v) is 8.09. The quantitative estimate of drug-likeness (QED) is 0.452. The van der Waals surface area contributed by atoms with Crippen molar-refractivity contribution in [2.45, 2.75) is 41.0 Å². The van der Waals surface area contributed by atoms with Gasteiger partial charge in [0.1, 0.15) is 23.7 Å². The number of rotatable bonds is 4. The number of nitrogens with zero attached hydrogens (tertiary/aromatic N) is 3. The number of azide groups is 1. The average molecular weight is 420 g/mol. The van der Waals surface area contributed by atoms with Crippen LogP contribution >= 0.6 is 23.4 Å². The summed E-state index contributed by atoms with van der Waals surface area (Å²) in [4.78, 5) is 3.75. The fourth-order valence-electron chi connectivity index (χ4n) is 3.32. The largest absolute Gasteiger partial charge is 0.389 e. The Balaban J connectivity index is 1.54.